The molecule has 0 heterocycles. The van der Waals surface area contributed by atoms with Crippen molar-refractivity contribution in [3.63, 3.8) is 0 Å². The molecule has 0 fully saturated rings. The maximum Gasteiger partial charge on any atom is 0.306 e. The highest BCUT2D eigenvalue weighted by Crippen LogP contribution is 2.17. The quantitative estimate of drug-likeness (QED) is 0.0261. The highest BCUT2D eigenvalue weighted by molar-refractivity contribution is 5.71. The first-order valence-corrected chi connectivity index (χ1v) is 32.8. The molecule has 0 aromatic heterocycles. The highest BCUT2D eigenvalue weighted by Gasteiger charge is 2.19. The van der Waals surface area contributed by atoms with Crippen LogP contribution in [0.15, 0.2) is 60.8 Å². The van der Waals surface area contributed by atoms with Gasteiger partial charge in [0, 0.05) is 19.3 Å². The zero-order valence-corrected chi connectivity index (χ0v) is 50.1. The van der Waals surface area contributed by atoms with Crippen LogP contribution in [0.4, 0.5) is 0 Å². The molecule has 436 valence electrons. The molecule has 75 heavy (non-hydrogen) atoms. The maximum absolute atomic E-state index is 12.9. The van der Waals surface area contributed by atoms with Gasteiger partial charge in [-0.3, -0.25) is 14.4 Å². The lowest BCUT2D eigenvalue weighted by Gasteiger charge is -2.18. The fourth-order valence-electron chi connectivity index (χ4n) is 9.61. The Balaban J connectivity index is 4.29. The minimum absolute atomic E-state index is 0.0720. The third kappa shape index (κ3) is 61.8. The van der Waals surface area contributed by atoms with Crippen molar-refractivity contribution in [1.82, 2.24) is 0 Å². The van der Waals surface area contributed by atoms with Crippen LogP contribution in [-0.4, -0.2) is 37.2 Å². The van der Waals surface area contributed by atoms with Crippen molar-refractivity contribution >= 4 is 17.9 Å². The van der Waals surface area contributed by atoms with Crippen molar-refractivity contribution in [2.24, 2.45) is 0 Å². The third-order valence-corrected chi connectivity index (χ3v) is 14.5. The summed E-state index contributed by atoms with van der Waals surface area (Å²) in [5.41, 5.74) is 0. The number of carbonyl (C=O) groups excluding carboxylic acids is 3. The molecule has 0 amide bonds. The van der Waals surface area contributed by atoms with Crippen molar-refractivity contribution in [3.05, 3.63) is 60.8 Å². The Morgan fingerprint density at radius 3 is 0.827 bits per heavy atom. The summed E-state index contributed by atoms with van der Waals surface area (Å²) >= 11 is 0. The first-order valence-electron chi connectivity index (χ1n) is 32.8. The van der Waals surface area contributed by atoms with Gasteiger partial charge in [-0.15, -0.1) is 0 Å². The molecule has 0 N–H and O–H groups in total. The molecule has 0 aliphatic heterocycles. The summed E-state index contributed by atoms with van der Waals surface area (Å²) in [6.07, 6.45) is 80.8. The van der Waals surface area contributed by atoms with E-state index in [1.54, 1.807) is 0 Å². The normalized spacial score (nSPS) is 12.4. The monoisotopic (exact) mass is 1050 g/mol. The van der Waals surface area contributed by atoms with Gasteiger partial charge in [-0.2, -0.15) is 0 Å². The third-order valence-electron chi connectivity index (χ3n) is 14.5. The molecular weight excluding hydrogens is 925 g/mol. The number of unbranched alkanes of at least 4 members (excludes halogenated alkanes) is 39. The van der Waals surface area contributed by atoms with Gasteiger partial charge in [0.1, 0.15) is 13.2 Å². The van der Waals surface area contributed by atoms with E-state index in [-0.39, 0.29) is 31.1 Å². The van der Waals surface area contributed by atoms with E-state index < -0.39 is 6.10 Å². The highest BCUT2D eigenvalue weighted by atomic mass is 16.6. The number of ether oxygens (including phenoxy) is 3. The van der Waals surface area contributed by atoms with E-state index in [2.05, 4.69) is 81.5 Å². The van der Waals surface area contributed by atoms with Crippen molar-refractivity contribution in [1.29, 1.82) is 0 Å². The summed E-state index contributed by atoms with van der Waals surface area (Å²) in [6.45, 7) is 6.57. The lowest BCUT2D eigenvalue weighted by Crippen LogP contribution is -2.30. The van der Waals surface area contributed by atoms with E-state index in [1.165, 1.54) is 218 Å². The topological polar surface area (TPSA) is 78.9 Å². The van der Waals surface area contributed by atoms with E-state index in [4.69, 9.17) is 14.2 Å². The summed E-state index contributed by atoms with van der Waals surface area (Å²) in [4.78, 5) is 38.3. The van der Waals surface area contributed by atoms with Gasteiger partial charge in [-0.25, -0.2) is 0 Å². The minimum Gasteiger partial charge on any atom is -0.462 e. The van der Waals surface area contributed by atoms with Crippen LogP contribution in [0, 0.1) is 0 Å². The Kier molecular flexibility index (Phi) is 61.2. The largest absolute Gasteiger partial charge is 0.462 e. The molecular formula is C69H124O6. The number of hydrogen-bond acceptors (Lipinski definition) is 6. The zero-order chi connectivity index (χ0) is 54.3. The second-order valence-electron chi connectivity index (χ2n) is 22.0. The minimum atomic E-state index is -0.776. The van der Waals surface area contributed by atoms with E-state index >= 15 is 0 Å². The smallest absolute Gasteiger partial charge is 0.306 e. The summed E-state index contributed by atoms with van der Waals surface area (Å²) in [5.74, 6) is -0.858. The fraction of sp³-hybridized carbons (Fsp3) is 0.812. The van der Waals surface area contributed by atoms with Gasteiger partial charge in [-0.1, -0.05) is 300 Å². The Labute approximate surface area is 466 Å². The predicted octanol–water partition coefficient (Wildman–Crippen LogP) is 22.3. The van der Waals surface area contributed by atoms with Crippen LogP contribution in [0.25, 0.3) is 0 Å². The van der Waals surface area contributed by atoms with Crippen LogP contribution < -0.4 is 0 Å². The Hall–Kier alpha value is -2.89. The second kappa shape index (κ2) is 63.6. The summed E-state index contributed by atoms with van der Waals surface area (Å²) in [5, 5.41) is 0. The van der Waals surface area contributed by atoms with Crippen LogP contribution in [0.3, 0.4) is 0 Å². The van der Waals surface area contributed by atoms with Crippen LogP contribution in [-0.2, 0) is 28.6 Å². The standard InChI is InChI=1S/C69H124O6/c1-4-7-10-13-16-19-22-25-28-30-32-33-34-35-36-37-38-40-41-44-47-50-53-56-59-62-68(71)74-65-66(64-73-67(70)61-58-55-52-49-46-43-27-24-21-18-15-12-9-6-3)75-69(72)63-60-57-54-51-48-45-42-39-31-29-26-23-20-17-14-11-8-5-2/h7,10,16,19,25,28-29,31-33,66H,4-6,8-9,11-15,17-18,20-24,26-27,30,34-65H2,1-3H3/b10-7-,19-16-,28-25-,31-29-,33-32-. The van der Waals surface area contributed by atoms with Crippen LogP contribution >= 0.6 is 0 Å². The van der Waals surface area contributed by atoms with Crippen molar-refractivity contribution in [2.75, 3.05) is 13.2 Å². The predicted molar refractivity (Wildman–Crippen MR) is 325 cm³/mol. The lowest BCUT2D eigenvalue weighted by molar-refractivity contribution is -0.167. The van der Waals surface area contributed by atoms with Crippen LogP contribution in [0.5, 0.6) is 0 Å². The Morgan fingerprint density at radius 2 is 0.520 bits per heavy atom. The second-order valence-corrected chi connectivity index (χ2v) is 22.0. The van der Waals surface area contributed by atoms with Crippen LogP contribution in [0.1, 0.15) is 342 Å². The number of allylic oxidation sites excluding steroid dienone is 10. The molecule has 0 rings (SSSR count). The molecule has 0 radical (unpaired) electrons. The van der Waals surface area contributed by atoms with E-state index in [0.717, 1.165) is 83.5 Å². The van der Waals surface area contributed by atoms with Gasteiger partial charge < -0.3 is 14.2 Å². The van der Waals surface area contributed by atoms with Crippen molar-refractivity contribution in [2.45, 2.75) is 348 Å². The first-order chi connectivity index (χ1) is 37.0. The Bertz CT molecular complexity index is 1340. The molecule has 0 aromatic rings. The van der Waals surface area contributed by atoms with Gasteiger partial charge in [0.05, 0.1) is 0 Å². The molecule has 0 saturated heterocycles. The molecule has 0 spiro atoms. The zero-order valence-electron chi connectivity index (χ0n) is 50.1. The Morgan fingerprint density at radius 1 is 0.280 bits per heavy atom. The fourth-order valence-corrected chi connectivity index (χ4v) is 9.61. The molecule has 0 aliphatic carbocycles. The molecule has 0 aromatic carbocycles. The molecule has 1 unspecified atom stereocenters. The molecule has 1 atom stereocenters. The molecule has 6 nitrogen and oxygen atoms in total. The number of carbonyl (C=O) groups is 3. The van der Waals surface area contributed by atoms with Gasteiger partial charge in [0.2, 0.25) is 0 Å². The average Bonchev–Trinajstić information content (AvgIpc) is 3.41. The summed E-state index contributed by atoms with van der Waals surface area (Å²) < 4.78 is 17.0. The van der Waals surface area contributed by atoms with E-state index in [9.17, 15) is 14.4 Å². The molecule has 0 bridgehead atoms. The molecule has 0 saturated carbocycles. The summed E-state index contributed by atoms with van der Waals surface area (Å²) in [7, 11) is 0. The number of rotatable bonds is 60. The number of esters is 3. The lowest BCUT2D eigenvalue weighted by atomic mass is 10.0. The SMILES string of the molecule is CC/C=C\C/C=C\C/C=C\C/C=C\CCCCCCCCCCCCCCC(=O)OCC(COC(=O)CCCCCCCCCCCCCCCC)OC(=O)CCCCCCCCC/C=C\CCCCCCCCC. The van der Waals surface area contributed by atoms with E-state index in [0.29, 0.717) is 19.3 Å². The van der Waals surface area contributed by atoms with Gasteiger partial charge in [-0.05, 0) is 83.5 Å². The number of hydrogen-bond donors (Lipinski definition) is 0. The van der Waals surface area contributed by atoms with Crippen molar-refractivity contribution < 1.29 is 28.6 Å². The van der Waals surface area contributed by atoms with Gasteiger partial charge in [0.25, 0.3) is 0 Å². The van der Waals surface area contributed by atoms with E-state index in [1.807, 2.05) is 0 Å². The first kappa shape index (κ1) is 72.1. The van der Waals surface area contributed by atoms with Crippen LogP contribution in [0.2, 0.25) is 0 Å². The molecule has 0 aliphatic rings. The van der Waals surface area contributed by atoms with Crippen molar-refractivity contribution in [3.8, 4) is 0 Å². The van der Waals surface area contributed by atoms with Gasteiger partial charge in [0.15, 0.2) is 6.10 Å². The summed E-state index contributed by atoms with van der Waals surface area (Å²) in [6, 6.07) is 0. The average molecular weight is 1050 g/mol. The van der Waals surface area contributed by atoms with Gasteiger partial charge >= 0.3 is 17.9 Å². The molecule has 6 heteroatoms. The maximum atomic E-state index is 12.9.